The van der Waals surface area contributed by atoms with Gasteiger partial charge in [-0.1, -0.05) is 30.4 Å². The van der Waals surface area contributed by atoms with Crippen LogP contribution < -0.4 is 0 Å². The summed E-state index contributed by atoms with van der Waals surface area (Å²) in [6.45, 7) is 3.87. The van der Waals surface area contributed by atoms with E-state index in [0.29, 0.717) is 12.0 Å². The van der Waals surface area contributed by atoms with Crippen molar-refractivity contribution >= 4 is 5.57 Å². The van der Waals surface area contributed by atoms with E-state index in [1.807, 2.05) is 24.3 Å². The molecule has 0 bridgehead atoms. The quantitative estimate of drug-likeness (QED) is 0.698. The largest absolute Gasteiger partial charge is 0.197 e. The van der Waals surface area contributed by atoms with Gasteiger partial charge in [0.15, 0.2) is 0 Å². The third-order valence-corrected chi connectivity index (χ3v) is 4.19. The maximum atomic E-state index is 9.67. The topological polar surface area (TPSA) is 47.6 Å². The number of hydrogen-bond acceptors (Lipinski definition) is 2. The molecule has 0 saturated heterocycles. The lowest BCUT2D eigenvalue weighted by Gasteiger charge is -2.31. The molecule has 0 saturated carbocycles. The minimum Gasteiger partial charge on any atom is -0.197 e. The lowest BCUT2D eigenvalue weighted by Crippen LogP contribution is -2.31. The van der Waals surface area contributed by atoms with Crippen LogP contribution in [0.15, 0.2) is 36.9 Å². The van der Waals surface area contributed by atoms with Crippen LogP contribution in [0.4, 0.5) is 0 Å². The summed E-state index contributed by atoms with van der Waals surface area (Å²) in [5.41, 5.74) is 3.39. The Bertz CT molecular complexity index is 655. The zero-order chi connectivity index (χ0) is 12.8. The first-order valence-electron chi connectivity index (χ1n) is 6.03. The highest BCUT2D eigenvalue weighted by molar-refractivity contribution is 5.83. The van der Waals surface area contributed by atoms with E-state index < -0.39 is 5.41 Å². The summed E-state index contributed by atoms with van der Waals surface area (Å²) >= 11 is 0. The van der Waals surface area contributed by atoms with Crippen molar-refractivity contribution in [2.45, 2.75) is 18.3 Å². The summed E-state index contributed by atoms with van der Waals surface area (Å²) in [6, 6.07) is 10.7. The molecule has 1 aromatic rings. The average molecular weight is 232 g/mol. The number of rotatable bonds is 1. The second kappa shape index (κ2) is 3.59. The predicted molar refractivity (Wildman–Crippen MR) is 69.3 cm³/mol. The Labute approximate surface area is 106 Å². The van der Waals surface area contributed by atoms with Crippen LogP contribution in [0.2, 0.25) is 0 Å². The molecule has 0 unspecified atom stereocenters. The molecule has 2 atom stereocenters. The predicted octanol–water partition coefficient (Wildman–Crippen LogP) is 3.12. The molecule has 0 N–H and O–H groups in total. The third kappa shape index (κ3) is 1.10. The van der Waals surface area contributed by atoms with Crippen LogP contribution in [-0.4, -0.2) is 0 Å². The molecular formula is C16H12N2. The molecular weight excluding hydrogens is 220 g/mol. The molecule has 18 heavy (non-hydrogen) atoms. The lowest BCUT2D eigenvalue weighted by atomic mass is 9.68. The lowest BCUT2D eigenvalue weighted by molar-refractivity contribution is 0.443. The molecule has 1 aromatic carbocycles. The fourth-order valence-electron chi connectivity index (χ4n) is 3.32. The van der Waals surface area contributed by atoms with Crippen LogP contribution in [0.1, 0.15) is 23.1 Å². The van der Waals surface area contributed by atoms with Crippen molar-refractivity contribution in [2.24, 2.45) is 5.92 Å². The first kappa shape index (κ1) is 10.8. The van der Waals surface area contributed by atoms with Gasteiger partial charge in [-0.25, -0.2) is 0 Å². The van der Waals surface area contributed by atoms with Gasteiger partial charge in [-0.2, -0.15) is 10.5 Å². The first-order chi connectivity index (χ1) is 8.76. The number of allylic oxidation sites excluding steroid dienone is 3. The van der Waals surface area contributed by atoms with Crippen LogP contribution in [0, 0.1) is 28.6 Å². The molecule has 2 aliphatic carbocycles. The van der Waals surface area contributed by atoms with E-state index in [9.17, 15) is 10.5 Å². The summed E-state index contributed by atoms with van der Waals surface area (Å²) in [7, 11) is 0. The highest BCUT2D eigenvalue weighted by Gasteiger charge is 2.48. The van der Waals surface area contributed by atoms with Crippen molar-refractivity contribution in [3.63, 3.8) is 0 Å². The first-order valence-corrected chi connectivity index (χ1v) is 6.03. The Balaban J connectivity index is 2.35. The van der Waals surface area contributed by atoms with Gasteiger partial charge < -0.3 is 0 Å². The van der Waals surface area contributed by atoms with Gasteiger partial charge >= 0.3 is 0 Å². The van der Waals surface area contributed by atoms with Crippen LogP contribution >= 0.6 is 0 Å². The summed E-state index contributed by atoms with van der Waals surface area (Å²) in [5, 5.41) is 18.9. The minimum atomic E-state index is -0.506. The molecule has 0 heterocycles. The Kier molecular flexibility index (Phi) is 2.15. The van der Waals surface area contributed by atoms with E-state index in [1.165, 1.54) is 5.56 Å². The van der Waals surface area contributed by atoms with Gasteiger partial charge in [0.05, 0.1) is 23.1 Å². The maximum absolute atomic E-state index is 9.67. The van der Waals surface area contributed by atoms with Crippen molar-refractivity contribution < 1.29 is 0 Å². The number of benzene rings is 1. The SMILES string of the molecule is C=C[C@@H]1Cc2cccc3c2[C@]1(C#N)CC=C3C#N. The molecule has 0 fully saturated rings. The Morgan fingerprint density at radius 2 is 2.22 bits per heavy atom. The second-order valence-corrected chi connectivity index (χ2v) is 4.90. The van der Waals surface area contributed by atoms with Gasteiger partial charge in [0, 0.05) is 5.92 Å². The fourth-order valence-corrected chi connectivity index (χ4v) is 3.32. The average Bonchev–Trinajstić information content (AvgIpc) is 2.76. The normalized spacial score (nSPS) is 27.7. The Morgan fingerprint density at radius 1 is 1.39 bits per heavy atom. The van der Waals surface area contributed by atoms with E-state index in [1.54, 1.807) is 0 Å². The number of nitriles is 2. The van der Waals surface area contributed by atoms with Gasteiger partial charge in [-0.15, -0.1) is 6.58 Å². The van der Waals surface area contributed by atoms with E-state index in [0.717, 1.165) is 17.5 Å². The number of nitrogens with zero attached hydrogens (tertiary/aromatic N) is 2. The smallest absolute Gasteiger partial charge is 0.0994 e. The zero-order valence-corrected chi connectivity index (χ0v) is 9.98. The molecule has 0 radical (unpaired) electrons. The van der Waals surface area contributed by atoms with Gasteiger partial charge in [0.2, 0.25) is 0 Å². The summed E-state index contributed by atoms with van der Waals surface area (Å²) in [5.74, 6) is 0.148. The van der Waals surface area contributed by atoms with E-state index in [-0.39, 0.29) is 5.92 Å². The molecule has 2 aliphatic rings. The molecule has 0 aromatic heterocycles. The summed E-state index contributed by atoms with van der Waals surface area (Å²) in [4.78, 5) is 0. The molecule has 2 heteroatoms. The molecule has 0 spiro atoms. The Hall–Kier alpha value is -2.32. The molecule has 0 aliphatic heterocycles. The highest BCUT2D eigenvalue weighted by Crippen LogP contribution is 2.51. The molecule has 2 nitrogen and oxygen atoms in total. The fraction of sp³-hybridized carbons (Fsp3) is 0.250. The van der Waals surface area contributed by atoms with E-state index >= 15 is 0 Å². The minimum absolute atomic E-state index is 0.148. The van der Waals surface area contributed by atoms with Crippen molar-refractivity contribution in [3.05, 3.63) is 53.6 Å². The monoisotopic (exact) mass is 232 g/mol. The Morgan fingerprint density at radius 3 is 2.89 bits per heavy atom. The molecule has 0 amide bonds. The van der Waals surface area contributed by atoms with Gasteiger partial charge in [-0.05, 0) is 29.5 Å². The second-order valence-electron chi connectivity index (χ2n) is 4.90. The summed E-state index contributed by atoms with van der Waals surface area (Å²) in [6.07, 6.45) is 5.26. The van der Waals surface area contributed by atoms with Crippen molar-refractivity contribution in [2.75, 3.05) is 0 Å². The molecule has 3 rings (SSSR count). The third-order valence-electron chi connectivity index (χ3n) is 4.19. The van der Waals surface area contributed by atoms with E-state index in [2.05, 4.69) is 24.8 Å². The van der Waals surface area contributed by atoms with Crippen LogP contribution in [0.5, 0.6) is 0 Å². The van der Waals surface area contributed by atoms with Crippen molar-refractivity contribution in [1.82, 2.24) is 0 Å². The van der Waals surface area contributed by atoms with Gasteiger partial charge in [0.25, 0.3) is 0 Å². The number of hydrogen-bond donors (Lipinski definition) is 0. The van der Waals surface area contributed by atoms with Crippen LogP contribution in [-0.2, 0) is 11.8 Å². The van der Waals surface area contributed by atoms with Gasteiger partial charge in [0.1, 0.15) is 0 Å². The molecule has 86 valence electrons. The van der Waals surface area contributed by atoms with Crippen LogP contribution in [0.25, 0.3) is 5.57 Å². The van der Waals surface area contributed by atoms with Crippen molar-refractivity contribution in [3.8, 4) is 12.1 Å². The van der Waals surface area contributed by atoms with E-state index in [4.69, 9.17) is 0 Å². The summed E-state index contributed by atoms with van der Waals surface area (Å²) < 4.78 is 0. The van der Waals surface area contributed by atoms with Crippen molar-refractivity contribution in [1.29, 1.82) is 10.5 Å². The zero-order valence-electron chi connectivity index (χ0n) is 9.98. The van der Waals surface area contributed by atoms with Crippen LogP contribution in [0.3, 0.4) is 0 Å². The van der Waals surface area contributed by atoms with Gasteiger partial charge in [-0.3, -0.25) is 0 Å². The standard InChI is InChI=1S/C16H12N2/c1-2-13-8-11-4-3-5-14-12(9-17)6-7-16(13,10-18)15(11)14/h2-6,13H,1,7-8H2/t13-,16+/m1/s1. The maximum Gasteiger partial charge on any atom is 0.0994 e. The highest BCUT2D eigenvalue weighted by atomic mass is 14.5.